The zero-order chi connectivity index (χ0) is 10.6. The van der Waals surface area contributed by atoms with E-state index < -0.39 is 0 Å². The first kappa shape index (κ1) is 10.9. The summed E-state index contributed by atoms with van der Waals surface area (Å²) in [7, 11) is 4.97. The van der Waals surface area contributed by atoms with Crippen LogP contribution >= 0.6 is 0 Å². The first-order valence-corrected chi connectivity index (χ1v) is 4.36. The zero-order valence-corrected chi connectivity index (χ0v) is 8.94. The van der Waals surface area contributed by atoms with Gasteiger partial charge in [-0.25, -0.2) is 4.68 Å². The molecule has 6 heteroatoms. The van der Waals surface area contributed by atoms with Crippen molar-refractivity contribution in [2.75, 3.05) is 26.6 Å². The van der Waals surface area contributed by atoms with Gasteiger partial charge in [-0.15, -0.1) is 5.10 Å². The Bertz CT molecular complexity index is 283. The van der Waals surface area contributed by atoms with Crippen molar-refractivity contribution in [1.82, 2.24) is 14.8 Å². The second-order valence-corrected chi connectivity index (χ2v) is 2.82. The highest BCUT2D eigenvalue weighted by atomic mass is 16.7. The van der Waals surface area contributed by atoms with Crippen molar-refractivity contribution >= 4 is 5.95 Å². The van der Waals surface area contributed by atoms with Crippen molar-refractivity contribution in [2.24, 2.45) is 0 Å². The van der Waals surface area contributed by atoms with Gasteiger partial charge in [0.1, 0.15) is 5.82 Å². The molecule has 0 amide bonds. The number of methoxy groups -OCH3 is 2. The normalized spacial score (nSPS) is 10.9. The van der Waals surface area contributed by atoms with Crippen molar-refractivity contribution in [3.63, 3.8) is 0 Å². The average Bonchev–Trinajstić information content (AvgIpc) is 2.56. The molecular formula is C8H16N4O2. The maximum Gasteiger partial charge on any atom is 0.242 e. The third-order valence-corrected chi connectivity index (χ3v) is 1.93. The molecule has 0 saturated heterocycles. The van der Waals surface area contributed by atoms with Crippen LogP contribution in [0.2, 0.25) is 0 Å². The van der Waals surface area contributed by atoms with Crippen LogP contribution in [-0.2, 0) is 16.0 Å². The molecule has 0 aliphatic rings. The van der Waals surface area contributed by atoms with Gasteiger partial charge in [0, 0.05) is 21.3 Å². The largest absolute Gasteiger partial charge is 0.356 e. The van der Waals surface area contributed by atoms with Crippen LogP contribution in [0.5, 0.6) is 0 Å². The topological polar surface area (TPSA) is 61.2 Å². The number of anilines is 1. The molecule has 0 atom stereocenters. The molecule has 0 aliphatic heterocycles. The fraction of sp³-hybridized carbons (Fsp3) is 0.750. The molecule has 6 nitrogen and oxygen atoms in total. The molecular weight excluding hydrogens is 184 g/mol. The lowest BCUT2D eigenvalue weighted by Crippen LogP contribution is -2.22. The third kappa shape index (κ3) is 2.43. The predicted molar refractivity (Wildman–Crippen MR) is 52.1 cm³/mol. The van der Waals surface area contributed by atoms with E-state index in [0.717, 1.165) is 5.82 Å². The number of hydrogen-bond donors (Lipinski definition) is 1. The molecule has 0 fully saturated rings. The van der Waals surface area contributed by atoms with E-state index in [2.05, 4.69) is 15.4 Å². The number of ether oxygens (including phenoxy) is 2. The van der Waals surface area contributed by atoms with Gasteiger partial charge in [-0.1, -0.05) is 0 Å². The molecule has 0 spiro atoms. The summed E-state index contributed by atoms with van der Waals surface area (Å²) in [6.45, 7) is 2.42. The molecule has 0 unspecified atom stereocenters. The molecule has 0 bridgehead atoms. The minimum Gasteiger partial charge on any atom is -0.356 e. The van der Waals surface area contributed by atoms with Gasteiger partial charge in [-0.2, -0.15) is 4.98 Å². The molecule has 0 radical (unpaired) electrons. The van der Waals surface area contributed by atoms with E-state index in [4.69, 9.17) is 9.47 Å². The molecule has 1 rings (SSSR count). The molecule has 1 N–H and O–H groups in total. The van der Waals surface area contributed by atoms with Crippen molar-refractivity contribution in [1.29, 1.82) is 0 Å². The van der Waals surface area contributed by atoms with Crippen LogP contribution in [0.1, 0.15) is 5.82 Å². The molecule has 80 valence electrons. The molecule has 14 heavy (non-hydrogen) atoms. The van der Waals surface area contributed by atoms with Crippen LogP contribution in [0.15, 0.2) is 0 Å². The van der Waals surface area contributed by atoms with Gasteiger partial charge in [0.05, 0.1) is 6.54 Å². The van der Waals surface area contributed by atoms with Crippen LogP contribution in [-0.4, -0.2) is 42.3 Å². The van der Waals surface area contributed by atoms with Gasteiger partial charge in [0.25, 0.3) is 0 Å². The number of nitrogens with one attached hydrogen (secondary N) is 1. The molecule has 0 saturated carbocycles. The minimum atomic E-state index is -0.292. The highest BCUT2D eigenvalue weighted by Crippen LogP contribution is 2.04. The molecule has 1 aromatic rings. The predicted octanol–water partition coefficient (Wildman–Crippen LogP) is 0.247. The Morgan fingerprint density at radius 2 is 2.07 bits per heavy atom. The Labute approximate surface area is 83.2 Å². The van der Waals surface area contributed by atoms with E-state index in [-0.39, 0.29) is 6.29 Å². The van der Waals surface area contributed by atoms with Crippen molar-refractivity contribution < 1.29 is 9.47 Å². The van der Waals surface area contributed by atoms with Gasteiger partial charge < -0.3 is 14.8 Å². The second kappa shape index (κ2) is 4.92. The summed E-state index contributed by atoms with van der Waals surface area (Å²) in [4.78, 5) is 4.18. The summed E-state index contributed by atoms with van der Waals surface area (Å²) in [5.74, 6) is 1.43. The standard InChI is InChI=1S/C8H16N4O2/c1-6-10-8(9-2)11-12(6)5-7(13-3)14-4/h7H,5H2,1-4H3,(H,9,11). The Morgan fingerprint density at radius 1 is 1.43 bits per heavy atom. The third-order valence-electron chi connectivity index (χ3n) is 1.93. The van der Waals surface area contributed by atoms with Crippen LogP contribution in [0.4, 0.5) is 5.95 Å². The van der Waals surface area contributed by atoms with E-state index in [0.29, 0.717) is 12.5 Å². The smallest absolute Gasteiger partial charge is 0.242 e. The number of rotatable bonds is 5. The summed E-state index contributed by atoms with van der Waals surface area (Å²) in [6.07, 6.45) is -0.292. The van der Waals surface area contributed by atoms with E-state index >= 15 is 0 Å². The first-order chi connectivity index (χ1) is 6.71. The van der Waals surface area contributed by atoms with Gasteiger partial charge in [-0.3, -0.25) is 0 Å². The lowest BCUT2D eigenvalue weighted by molar-refractivity contribution is -0.112. The maximum absolute atomic E-state index is 5.07. The van der Waals surface area contributed by atoms with E-state index in [1.165, 1.54) is 0 Å². The van der Waals surface area contributed by atoms with Gasteiger partial charge in [0.2, 0.25) is 5.95 Å². The summed E-state index contributed by atoms with van der Waals surface area (Å²) in [6, 6.07) is 0. The van der Waals surface area contributed by atoms with Crippen molar-refractivity contribution in [3.8, 4) is 0 Å². The summed E-state index contributed by atoms with van der Waals surface area (Å²) in [5.41, 5.74) is 0. The molecule has 1 heterocycles. The summed E-state index contributed by atoms with van der Waals surface area (Å²) < 4.78 is 11.9. The van der Waals surface area contributed by atoms with Crippen LogP contribution in [0, 0.1) is 6.92 Å². The summed E-state index contributed by atoms with van der Waals surface area (Å²) >= 11 is 0. The highest BCUT2D eigenvalue weighted by molar-refractivity contribution is 5.20. The first-order valence-electron chi connectivity index (χ1n) is 4.36. The quantitative estimate of drug-likeness (QED) is 0.690. The number of hydrogen-bond acceptors (Lipinski definition) is 5. The van der Waals surface area contributed by atoms with Crippen molar-refractivity contribution in [3.05, 3.63) is 5.82 Å². The Hall–Kier alpha value is -1.14. The average molecular weight is 200 g/mol. The monoisotopic (exact) mass is 200 g/mol. The second-order valence-electron chi connectivity index (χ2n) is 2.82. The zero-order valence-electron chi connectivity index (χ0n) is 8.94. The van der Waals surface area contributed by atoms with Crippen LogP contribution in [0.25, 0.3) is 0 Å². The Kier molecular flexibility index (Phi) is 3.84. The minimum absolute atomic E-state index is 0.292. The van der Waals surface area contributed by atoms with E-state index in [9.17, 15) is 0 Å². The van der Waals surface area contributed by atoms with Gasteiger partial charge >= 0.3 is 0 Å². The maximum atomic E-state index is 5.07. The number of aromatic nitrogens is 3. The van der Waals surface area contributed by atoms with Crippen LogP contribution in [0.3, 0.4) is 0 Å². The number of aryl methyl sites for hydroxylation is 1. The molecule has 0 aromatic carbocycles. The fourth-order valence-corrected chi connectivity index (χ4v) is 1.09. The summed E-state index contributed by atoms with van der Waals surface area (Å²) in [5, 5.41) is 7.07. The highest BCUT2D eigenvalue weighted by Gasteiger charge is 2.10. The van der Waals surface area contributed by atoms with Gasteiger partial charge in [0.15, 0.2) is 6.29 Å². The van der Waals surface area contributed by atoms with Gasteiger partial charge in [-0.05, 0) is 6.92 Å². The SMILES string of the molecule is CNc1nc(C)n(CC(OC)OC)n1. The fourth-order valence-electron chi connectivity index (χ4n) is 1.09. The molecule has 1 aromatic heterocycles. The Morgan fingerprint density at radius 3 is 2.50 bits per heavy atom. The lowest BCUT2D eigenvalue weighted by Gasteiger charge is -2.13. The van der Waals surface area contributed by atoms with Crippen LogP contribution < -0.4 is 5.32 Å². The van der Waals surface area contributed by atoms with E-state index in [1.807, 2.05) is 6.92 Å². The number of nitrogens with zero attached hydrogens (tertiary/aromatic N) is 3. The lowest BCUT2D eigenvalue weighted by atomic mass is 10.6. The molecule has 0 aliphatic carbocycles. The van der Waals surface area contributed by atoms with E-state index in [1.54, 1.807) is 25.9 Å². The Balaban J connectivity index is 2.69. The van der Waals surface area contributed by atoms with Crippen molar-refractivity contribution in [2.45, 2.75) is 19.8 Å².